The monoisotopic (exact) mass is 300 g/mol. The van der Waals surface area contributed by atoms with Crippen LogP contribution in [-0.4, -0.2) is 27.3 Å². The molecule has 9 heteroatoms. The van der Waals surface area contributed by atoms with Gasteiger partial charge in [-0.25, -0.2) is 4.79 Å². The Morgan fingerprint density at radius 1 is 1.32 bits per heavy atom. The number of aromatic amines is 1. The van der Waals surface area contributed by atoms with E-state index in [1.807, 2.05) is 0 Å². The lowest BCUT2D eigenvalue weighted by molar-refractivity contribution is 0.0997. The van der Waals surface area contributed by atoms with Crippen LogP contribution in [0.4, 0.5) is 10.5 Å². The van der Waals surface area contributed by atoms with Crippen molar-refractivity contribution in [2.45, 2.75) is 6.54 Å². The molecule has 0 fully saturated rings. The maximum Gasteiger partial charge on any atom is 0.319 e. The number of carbonyl (C=O) groups excluding carboxylic acids is 2. The van der Waals surface area contributed by atoms with E-state index in [1.165, 1.54) is 6.26 Å². The van der Waals surface area contributed by atoms with E-state index in [-0.39, 0.29) is 12.2 Å². The number of nitrogens with two attached hydrogens (primary N) is 1. The third-order valence-corrected chi connectivity index (χ3v) is 2.98. The maximum absolute atomic E-state index is 11.8. The van der Waals surface area contributed by atoms with Crippen LogP contribution >= 0.6 is 0 Å². The summed E-state index contributed by atoms with van der Waals surface area (Å²) in [5, 5.41) is 16.0. The molecule has 112 valence electrons. The van der Waals surface area contributed by atoms with Crippen LogP contribution in [0.25, 0.3) is 10.9 Å². The Bertz CT molecular complexity index is 824. The van der Waals surface area contributed by atoms with Gasteiger partial charge >= 0.3 is 6.03 Å². The van der Waals surface area contributed by atoms with Gasteiger partial charge in [-0.3, -0.25) is 9.89 Å². The first-order valence-electron chi connectivity index (χ1n) is 6.35. The van der Waals surface area contributed by atoms with Crippen molar-refractivity contribution >= 4 is 28.5 Å². The molecule has 2 heterocycles. The van der Waals surface area contributed by atoms with Gasteiger partial charge in [0.2, 0.25) is 0 Å². The third-order valence-electron chi connectivity index (χ3n) is 2.98. The number of primary amides is 1. The second kappa shape index (κ2) is 5.56. The molecular formula is C13H12N6O3. The van der Waals surface area contributed by atoms with Gasteiger partial charge in [0, 0.05) is 17.1 Å². The van der Waals surface area contributed by atoms with Crippen molar-refractivity contribution in [3.63, 3.8) is 0 Å². The minimum atomic E-state index is -0.640. The van der Waals surface area contributed by atoms with E-state index in [0.29, 0.717) is 22.3 Å². The molecule has 0 saturated carbocycles. The summed E-state index contributed by atoms with van der Waals surface area (Å²) in [6.45, 7) is 0.239. The van der Waals surface area contributed by atoms with Crippen molar-refractivity contribution in [1.82, 2.24) is 20.7 Å². The number of benzene rings is 1. The molecule has 1 aromatic carbocycles. The molecule has 9 nitrogen and oxygen atoms in total. The van der Waals surface area contributed by atoms with Crippen molar-refractivity contribution in [1.29, 1.82) is 0 Å². The first-order valence-corrected chi connectivity index (χ1v) is 6.35. The highest BCUT2D eigenvalue weighted by Crippen LogP contribution is 2.20. The predicted octanol–water partition coefficient (Wildman–Crippen LogP) is 0.971. The fraction of sp³-hybridized carbons (Fsp3) is 0.0769. The number of nitrogens with zero attached hydrogens (tertiary/aromatic N) is 2. The summed E-state index contributed by atoms with van der Waals surface area (Å²) in [5.41, 5.74) is 7.14. The Labute approximate surface area is 123 Å². The van der Waals surface area contributed by atoms with Gasteiger partial charge in [-0.2, -0.15) is 5.10 Å². The van der Waals surface area contributed by atoms with E-state index < -0.39 is 11.9 Å². The summed E-state index contributed by atoms with van der Waals surface area (Å²) in [4.78, 5) is 23.1. The molecule has 0 unspecified atom stereocenters. The van der Waals surface area contributed by atoms with Crippen molar-refractivity contribution in [3.8, 4) is 0 Å². The molecule has 0 aliphatic rings. The lowest BCUT2D eigenvalue weighted by Gasteiger charge is -2.06. The molecule has 22 heavy (non-hydrogen) atoms. The Kier molecular flexibility index (Phi) is 3.44. The van der Waals surface area contributed by atoms with Crippen LogP contribution in [-0.2, 0) is 6.54 Å². The van der Waals surface area contributed by atoms with Gasteiger partial charge in [0.05, 0.1) is 12.1 Å². The summed E-state index contributed by atoms with van der Waals surface area (Å²) >= 11 is 0. The second-order valence-corrected chi connectivity index (χ2v) is 4.50. The normalized spacial score (nSPS) is 10.5. The van der Waals surface area contributed by atoms with Crippen molar-refractivity contribution < 1.29 is 14.1 Å². The lowest BCUT2D eigenvalue weighted by atomic mass is 10.2. The third kappa shape index (κ3) is 2.73. The first-order chi connectivity index (χ1) is 10.6. The molecular weight excluding hydrogens is 288 g/mol. The van der Waals surface area contributed by atoms with Crippen molar-refractivity contribution in [3.05, 3.63) is 41.9 Å². The SMILES string of the molecule is NC(=O)c1n[nH]c2ccc(NC(=O)NCc3ccon3)cc12. The van der Waals surface area contributed by atoms with Crippen LogP contribution in [0.2, 0.25) is 0 Å². The van der Waals surface area contributed by atoms with Crippen LogP contribution in [0.3, 0.4) is 0 Å². The largest absolute Gasteiger partial charge is 0.364 e. The topological polar surface area (TPSA) is 139 Å². The Morgan fingerprint density at radius 3 is 2.91 bits per heavy atom. The summed E-state index contributed by atoms with van der Waals surface area (Å²) in [5.74, 6) is -0.640. The molecule has 5 N–H and O–H groups in total. The minimum absolute atomic E-state index is 0.127. The first kappa shape index (κ1) is 13.6. The number of carbonyl (C=O) groups is 2. The fourth-order valence-electron chi connectivity index (χ4n) is 1.95. The van der Waals surface area contributed by atoms with Gasteiger partial charge in [0.25, 0.3) is 5.91 Å². The zero-order valence-electron chi connectivity index (χ0n) is 11.3. The van der Waals surface area contributed by atoms with Crippen molar-refractivity contribution in [2.75, 3.05) is 5.32 Å². The van der Waals surface area contributed by atoms with Crippen LogP contribution < -0.4 is 16.4 Å². The molecule has 0 bridgehead atoms. The zero-order chi connectivity index (χ0) is 15.5. The molecule has 0 saturated heterocycles. The molecule has 2 aromatic heterocycles. The predicted molar refractivity (Wildman–Crippen MR) is 77.0 cm³/mol. The minimum Gasteiger partial charge on any atom is -0.364 e. The van der Waals surface area contributed by atoms with Gasteiger partial charge in [-0.15, -0.1) is 0 Å². The van der Waals surface area contributed by atoms with Crippen molar-refractivity contribution in [2.24, 2.45) is 5.73 Å². The molecule has 3 rings (SSSR count). The molecule has 0 aliphatic carbocycles. The average molecular weight is 300 g/mol. The fourth-order valence-corrected chi connectivity index (χ4v) is 1.95. The Balaban J connectivity index is 1.71. The Hall–Kier alpha value is -3.36. The van der Waals surface area contributed by atoms with E-state index in [2.05, 4.69) is 30.5 Å². The smallest absolute Gasteiger partial charge is 0.319 e. The average Bonchev–Trinajstić information content (AvgIpc) is 3.14. The number of rotatable bonds is 4. The maximum atomic E-state index is 11.8. The standard InChI is InChI=1S/C13H12N6O3/c14-12(20)11-9-5-7(1-2-10(9)17-18-11)16-13(21)15-6-8-3-4-22-19-8/h1-5H,6H2,(H2,14,20)(H,17,18)(H2,15,16,21). The van der Waals surface area contributed by atoms with E-state index in [9.17, 15) is 9.59 Å². The van der Waals surface area contributed by atoms with Gasteiger partial charge in [-0.05, 0) is 18.2 Å². The molecule has 3 amide bonds. The summed E-state index contributed by atoms with van der Waals surface area (Å²) in [6.07, 6.45) is 1.42. The molecule has 0 aliphatic heterocycles. The summed E-state index contributed by atoms with van der Waals surface area (Å²) in [7, 11) is 0. The zero-order valence-corrected chi connectivity index (χ0v) is 11.3. The number of hydrogen-bond donors (Lipinski definition) is 4. The summed E-state index contributed by atoms with van der Waals surface area (Å²) < 4.78 is 4.66. The molecule has 0 atom stereocenters. The molecule has 0 spiro atoms. The summed E-state index contributed by atoms with van der Waals surface area (Å²) in [6, 6.07) is 6.24. The quantitative estimate of drug-likeness (QED) is 0.568. The second-order valence-electron chi connectivity index (χ2n) is 4.50. The van der Waals surface area contributed by atoms with Gasteiger partial charge in [-0.1, -0.05) is 5.16 Å². The number of amides is 3. The number of H-pyrrole nitrogens is 1. The van der Waals surface area contributed by atoms with Crippen LogP contribution in [0.1, 0.15) is 16.2 Å². The van der Waals surface area contributed by atoms with Gasteiger partial charge < -0.3 is 20.9 Å². The number of aromatic nitrogens is 3. The van der Waals surface area contributed by atoms with Crippen LogP contribution in [0, 0.1) is 0 Å². The lowest BCUT2D eigenvalue weighted by Crippen LogP contribution is -2.28. The van der Waals surface area contributed by atoms with E-state index in [4.69, 9.17) is 5.73 Å². The highest BCUT2D eigenvalue weighted by molar-refractivity contribution is 6.05. The molecule has 0 radical (unpaired) electrons. The number of fused-ring (bicyclic) bond motifs is 1. The molecule has 3 aromatic rings. The number of anilines is 1. The highest BCUT2D eigenvalue weighted by atomic mass is 16.5. The number of nitrogens with one attached hydrogen (secondary N) is 3. The number of hydrogen-bond acceptors (Lipinski definition) is 5. The van der Waals surface area contributed by atoms with Crippen LogP contribution in [0.15, 0.2) is 35.1 Å². The van der Waals surface area contributed by atoms with Crippen LogP contribution in [0.5, 0.6) is 0 Å². The Morgan fingerprint density at radius 2 is 2.18 bits per heavy atom. The van der Waals surface area contributed by atoms with Gasteiger partial charge in [0.15, 0.2) is 5.69 Å². The number of urea groups is 1. The van der Waals surface area contributed by atoms with E-state index >= 15 is 0 Å². The van der Waals surface area contributed by atoms with E-state index in [1.54, 1.807) is 24.3 Å². The van der Waals surface area contributed by atoms with Gasteiger partial charge in [0.1, 0.15) is 12.0 Å². The highest BCUT2D eigenvalue weighted by Gasteiger charge is 2.12. The van der Waals surface area contributed by atoms with E-state index in [0.717, 1.165) is 0 Å².